The lowest BCUT2D eigenvalue weighted by Gasteiger charge is -2.22. The third kappa shape index (κ3) is 4.56. The third-order valence-electron chi connectivity index (χ3n) is 3.87. The van der Waals surface area contributed by atoms with Gasteiger partial charge in [0.25, 0.3) is 0 Å². The highest BCUT2D eigenvalue weighted by Crippen LogP contribution is 2.23. The molecule has 0 saturated carbocycles. The lowest BCUT2D eigenvalue weighted by molar-refractivity contribution is 0.267. The van der Waals surface area contributed by atoms with Gasteiger partial charge in [0.1, 0.15) is 0 Å². The maximum absolute atomic E-state index is 6.31. The molecule has 1 atom stereocenters. The van der Waals surface area contributed by atoms with Crippen LogP contribution in [-0.4, -0.2) is 49.6 Å². The summed E-state index contributed by atoms with van der Waals surface area (Å²) >= 11 is 3.58. The second-order valence-corrected chi connectivity index (χ2v) is 6.27. The molecule has 1 aromatic carbocycles. The Balaban J connectivity index is 1.83. The van der Waals surface area contributed by atoms with E-state index in [0.717, 1.165) is 17.4 Å². The predicted octanol–water partition coefficient (Wildman–Crippen LogP) is 2.48. The normalized spacial score (nSPS) is 20.2. The van der Waals surface area contributed by atoms with E-state index in [0.29, 0.717) is 0 Å². The number of rotatable bonds is 4. The summed E-state index contributed by atoms with van der Waals surface area (Å²) in [5.41, 5.74) is 7.53. The molecule has 0 amide bonds. The highest BCUT2D eigenvalue weighted by atomic mass is 79.9. The quantitative estimate of drug-likeness (QED) is 0.923. The van der Waals surface area contributed by atoms with Crippen molar-refractivity contribution < 1.29 is 0 Å². The van der Waals surface area contributed by atoms with E-state index in [2.05, 4.69) is 51.0 Å². The van der Waals surface area contributed by atoms with E-state index in [-0.39, 0.29) is 6.04 Å². The van der Waals surface area contributed by atoms with Crippen LogP contribution in [0.1, 0.15) is 24.4 Å². The van der Waals surface area contributed by atoms with Crippen LogP contribution in [0, 0.1) is 0 Å². The molecule has 1 heterocycles. The molecule has 106 valence electrons. The minimum Gasteiger partial charge on any atom is -0.324 e. The Bertz CT molecular complexity index is 397. The van der Waals surface area contributed by atoms with E-state index < -0.39 is 0 Å². The van der Waals surface area contributed by atoms with Gasteiger partial charge >= 0.3 is 0 Å². The molecule has 1 fully saturated rings. The molecular weight excluding hydrogens is 302 g/mol. The summed E-state index contributed by atoms with van der Waals surface area (Å²) in [6.07, 6.45) is 2.28. The monoisotopic (exact) mass is 325 g/mol. The van der Waals surface area contributed by atoms with Crippen LogP contribution < -0.4 is 5.73 Å². The first-order valence-electron chi connectivity index (χ1n) is 7.07. The van der Waals surface area contributed by atoms with Crippen molar-refractivity contribution in [2.24, 2.45) is 5.73 Å². The summed E-state index contributed by atoms with van der Waals surface area (Å²) < 4.78 is 1.12. The van der Waals surface area contributed by atoms with Gasteiger partial charge in [-0.1, -0.05) is 34.1 Å². The molecule has 3 nitrogen and oxygen atoms in total. The molecule has 0 bridgehead atoms. The number of halogens is 1. The van der Waals surface area contributed by atoms with Crippen LogP contribution in [0.3, 0.4) is 0 Å². The van der Waals surface area contributed by atoms with E-state index in [1.54, 1.807) is 0 Å². The molecule has 0 spiro atoms. The Morgan fingerprint density at radius 3 is 2.79 bits per heavy atom. The van der Waals surface area contributed by atoms with Gasteiger partial charge in [-0.25, -0.2) is 0 Å². The molecule has 19 heavy (non-hydrogen) atoms. The Morgan fingerprint density at radius 1 is 1.21 bits per heavy atom. The number of nitrogens with two attached hydrogens (primary N) is 1. The van der Waals surface area contributed by atoms with Crippen molar-refractivity contribution in [3.05, 3.63) is 34.3 Å². The fourth-order valence-corrected chi connectivity index (χ4v) is 3.16. The Labute approximate surface area is 124 Å². The lowest BCUT2D eigenvalue weighted by Crippen LogP contribution is -2.31. The van der Waals surface area contributed by atoms with Crippen molar-refractivity contribution in [2.75, 3.05) is 39.8 Å². The molecule has 2 N–H and O–H groups in total. The molecule has 0 radical (unpaired) electrons. The van der Waals surface area contributed by atoms with Crippen molar-refractivity contribution in [2.45, 2.75) is 18.9 Å². The first-order chi connectivity index (χ1) is 9.16. The van der Waals surface area contributed by atoms with Crippen LogP contribution in [0.5, 0.6) is 0 Å². The molecule has 1 aromatic rings. The second kappa shape index (κ2) is 7.39. The molecule has 2 rings (SSSR count). The largest absolute Gasteiger partial charge is 0.324 e. The highest BCUT2D eigenvalue weighted by Gasteiger charge is 2.14. The number of likely N-dealkylation sites (N-methyl/N-ethyl adjacent to an activating group) is 1. The molecule has 0 aliphatic carbocycles. The van der Waals surface area contributed by atoms with Gasteiger partial charge in [0.2, 0.25) is 0 Å². The van der Waals surface area contributed by atoms with Crippen LogP contribution in [-0.2, 0) is 0 Å². The van der Waals surface area contributed by atoms with Gasteiger partial charge < -0.3 is 15.5 Å². The summed E-state index contributed by atoms with van der Waals surface area (Å²) in [7, 11) is 2.20. The second-order valence-electron chi connectivity index (χ2n) is 5.42. The van der Waals surface area contributed by atoms with Crippen LogP contribution in [0.15, 0.2) is 28.7 Å². The summed E-state index contributed by atoms with van der Waals surface area (Å²) in [4.78, 5) is 4.95. The Morgan fingerprint density at radius 2 is 2.00 bits per heavy atom. The first kappa shape index (κ1) is 15.0. The third-order valence-corrected chi connectivity index (χ3v) is 4.60. The molecule has 4 heteroatoms. The Hall–Kier alpha value is -0.420. The van der Waals surface area contributed by atoms with E-state index in [4.69, 9.17) is 5.73 Å². The predicted molar refractivity (Wildman–Crippen MR) is 84.2 cm³/mol. The van der Waals surface area contributed by atoms with E-state index in [9.17, 15) is 0 Å². The minimum atomic E-state index is 0.122. The Kier molecular flexibility index (Phi) is 5.82. The van der Waals surface area contributed by atoms with Crippen LogP contribution in [0.25, 0.3) is 0 Å². The lowest BCUT2D eigenvalue weighted by atomic mass is 10.0. The zero-order valence-corrected chi connectivity index (χ0v) is 13.3. The number of hydrogen-bond acceptors (Lipinski definition) is 3. The fraction of sp³-hybridized carbons (Fsp3) is 0.600. The molecule has 0 aromatic heterocycles. The van der Waals surface area contributed by atoms with Crippen LogP contribution >= 0.6 is 15.9 Å². The number of nitrogens with zero attached hydrogens (tertiary/aromatic N) is 2. The number of hydrogen-bond donors (Lipinski definition) is 1. The van der Waals surface area contributed by atoms with Gasteiger partial charge in [0.15, 0.2) is 0 Å². The van der Waals surface area contributed by atoms with Gasteiger partial charge in [-0.3, -0.25) is 0 Å². The molecule has 1 aliphatic rings. The van der Waals surface area contributed by atoms with Gasteiger partial charge in [-0.05, 0) is 51.2 Å². The average Bonchev–Trinajstić information content (AvgIpc) is 2.61. The zero-order valence-electron chi connectivity index (χ0n) is 11.7. The molecule has 1 unspecified atom stereocenters. The summed E-state index contributed by atoms with van der Waals surface area (Å²) in [5.74, 6) is 0. The maximum atomic E-state index is 6.31. The summed E-state index contributed by atoms with van der Waals surface area (Å²) in [6.45, 7) is 5.85. The minimum absolute atomic E-state index is 0.122. The zero-order chi connectivity index (χ0) is 13.7. The van der Waals surface area contributed by atoms with E-state index >= 15 is 0 Å². The van der Waals surface area contributed by atoms with Crippen LogP contribution in [0.2, 0.25) is 0 Å². The van der Waals surface area contributed by atoms with Crippen molar-refractivity contribution >= 4 is 15.9 Å². The molecule has 1 saturated heterocycles. The van der Waals surface area contributed by atoms with Crippen molar-refractivity contribution in [1.82, 2.24) is 9.80 Å². The number of benzene rings is 1. The average molecular weight is 326 g/mol. The van der Waals surface area contributed by atoms with Gasteiger partial charge in [-0.2, -0.15) is 0 Å². The standard InChI is InChI=1S/C15H24BrN3/c1-18-8-4-9-19(12-11-18)10-7-15(17)13-5-2-3-6-14(13)16/h2-3,5-6,15H,4,7-12,17H2,1H3. The van der Waals surface area contributed by atoms with Crippen molar-refractivity contribution in [3.63, 3.8) is 0 Å². The maximum Gasteiger partial charge on any atom is 0.0318 e. The highest BCUT2D eigenvalue weighted by molar-refractivity contribution is 9.10. The SMILES string of the molecule is CN1CCCN(CCC(N)c2ccccc2Br)CC1. The smallest absolute Gasteiger partial charge is 0.0318 e. The van der Waals surface area contributed by atoms with Crippen LogP contribution in [0.4, 0.5) is 0 Å². The van der Waals surface area contributed by atoms with E-state index in [1.165, 1.54) is 38.2 Å². The summed E-state index contributed by atoms with van der Waals surface area (Å²) in [6, 6.07) is 8.39. The molecular formula is C15H24BrN3. The van der Waals surface area contributed by atoms with E-state index in [1.807, 2.05) is 6.07 Å². The fourth-order valence-electron chi connectivity index (χ4n) is 2.58. The van der Waals surface area contributed by atoms with Gasteiger partial charge in [-0.15, -0.1) is 0 Å². The van der Waals surface area contributed by atoms with Crippen molar-refractivity contribution in [3.8, 4) is 0 Å². The molecule has 1 aliphatic heterocycles. The topological polar surface area (TPSA) is 32.5 Å². The van der Waals surface area contributed by atoms with Gasteiger partial charge in [0, 0.05) is 23.6 Å². The summed E-state index contributed by atoms with van der Waals surface area (Å²) in [5, 5.41) is 0. The first-order valence-corrected chi connectivity index (χ1v) is 7.87. The van der Waals surface area contributed by atoms with Gasteiger partial charge in [0.05, 0.1) is 0 Å². The van der Waals surface area contributed by atoms with Crippen molar-refractivity contribution in [1.29, 1.82) is 0 Å².